The van der Waals surface area contributed by atoms with E-state index in [4.69, 9.17) is 27.9 Å². The van der Waals surface area contributed by atoms with Gasteiger partial charge in [0.25, 0.3) is 0 Å². The Labute approximate surface area is 274 Å². The molecule has 2 aromatic carbocycles. The van der Waals surface area contributed by atoms with Gasteiger partial charge in [0.2, 0.25) is 5.95 Å². The molecule has 0 aliphatic carbocycles. The number of piperidine rings is 3. The molecule has 7 nitrogen and oxygen atoms in total. The Morgan fingerprint density at radius 3 is 2.29 bits per heavy atom. The van der Waals surface area contributed by atoms with E-state index in [0.29, 0.717) is 17.3 Å². The highest BCUT2D eigenvalue weighted by molar-refractivity contribution is 6.31. The molecule has 3 aliphatic heterocycles. The van der Waals surface area contributed by atoms with Crippen molar-refractivity contribution in [3.8, 4) is 5.75 Å². The number of aromatic nitrogens is 2. The van der Waals surface area contributed by atoms with Gasteiger partial charge in [-0.3, -0.25) is 0 Å². The second-order valence-corrected chi connectivity index (χ2v) is 14.2. The van der Waals surface area contributed by atoms with Crippen LogP contribution in [-0.2, 0) is 12.0 Å². The van der Waals surface area contributed by atoms with E-state index < -0.39 is 0 Å². The van der Waals surface area contributed by atoms with Gasteiger partial charge >= 0.3 is 0 Å². The fourth-order valence-electron chi connectivity index (χ4n) is 7.52. The van der Waals surface area contributed by atoms with Crippen molar-refractivity contribution in [2.45, 2.75) is 64.4 Å². The molecule has 45 heavy (non-hydrogen) atoms. The number of hydrogen-bond acceptors (Lipinski definition) is 6. The van der Waals surface area contributed by atoms with Gasteiger partial charge in [-0.05, 0) is 124 Å². The number of nitrogens with zero attached hydrogens (tertiary/aromatic N) is 5. The van der Waals surface area contributed by atoms with Crippen LogP contribution in [0.5, 0.6) is 5.75 Å². The molecule has 0 bridgehead atoms. The van der Waals surface area contributed by atoms with Crippen molar-refractivity contribution in [1.29, 1.82) is 0 Å². The number of likely N-dealkylation sites (tertiary alicyclic amines) is 1. The summed E-state index contributed by atoms with van der Waals surface area (Å²) in [7, 11) is 0. The predicted molar refractivity (Wildman–Crippen MR) is 182 cm³/mol. The minimum Gasteiger partial charge on any atom is -0.487 e. The van der Waals surface area contributed by atoms with E-state index in [2.05, 4.69) is 50.9 Å². The maximum Gasteiger partial charge on any atom is 0.225 e. The normalized spacial score (nSPS) is 19.4. The highest BCUT2D eigenvalue weighted by Crippen LogP contribution is 2.37. The summed E-state index contributed by atoms with van der Waals surface area (Å²) in [6, 6.07) is 15.7. The molecule has 3 aliphatic rings. The maximum atomic E-state index is 7.38. The van der Waals surface area contributed by atoms with E-state index in [1.807, 2.05) is 36.5 Å². The first-order valence-electron chi connectivity index (χ1n) is 16.8. The summed E-state index contributed by atoms with van der Waals surface area (Å²) in [6.45, 7) is 20.4. The minimum absolute atomic E-state index is 0.304. The molecular formula is C37H47ClN6O. The van der Waals surface area contributed by atoms with Crippen LogP contribution in [0.15, 0.2) is 54.7 Å². The molecule has 3 aromatic rings. The lowest BCUT2D eigenvalue weighted by molar-refractivity contribution is 0.113. The lowest BCUT2D eigenvalue weighted by Gasteiger charge is -2.41. The zero-order valence-electron chi connectivity index (χ0n) is 26.8. The second-order valence-electron chi connectivity index (χ2n) is 13.8. The molecule has 0 radical (unpaired) electrons. The van der Waals surface area contributed by atoms with Crippen LogP contribution in [0.4, 0.5) is 11.6 Å². The monoisotopic (exact) mass is 626 g/mol. The first-order valence-corrected chi connectivity index (χ1v) is 17.2. The van der Waals surface area contributed by atoms with Crippen LogP contribution in [0.1, 0.15) is 69.2 Å². The van der Waals surface area contributed by atoms with E-state index in [0.717, 1.165) is 59.4 Å². The molecule has 0 unspecified atom stereocenters. The largest absolute Gasteiger partial charge is 0.487 e. The van der Waals surface area contributed by atoms with Crippen LogP contribution < -0.4 is 15.0 Å². The quantitative estimate of drug-likeness (QED) is 0.248. The maximum absolute atomic E-state index is 7.38. The number of anilines is 1. The molecule has 238 valence electrons. The molecule has 3 saturated heterocycles. The lowest BCUT2D eigenvalue weighted by Crippen LogP contribution is -2.43. The van der Waals surface area contributed by atoms with Crippen molar-refractivity contribution in [1.82, 2.24) is 20.2 Å². The third-order valence-electron chi connectivity index (χ3n) is 10.5. The summed E-state index contributed by atoms with van der Waals surface area (Å²) in [6.07, 6.45) is 9.75. The molecular weight excluding hydrogens is 580 g/mol. The second kappa shape index (κ2) is 14.5. The summed E-state index contributed by atoms with van der Waals surface area (Å²) < 4.78 is 6.14. The zero-order chi connectivity index (χ0) is 31.2. The SMILES string of the molecule is [C-]#[N+]c1cc(Cl)cc(C(C)(C)c2ccc(OCc3ccnc(N4CCC(C5CCN(CC6CCNCC6)CC5)CC4)n3)cc2)c1. The van der Waals surface area contributed by atoms with E-state index in [1.165, 1.54) is 71.2 Å². The van der Waals surface area contributed by atoms with Gasteiger partial charge in [0.15, 0.2) is 5.69 Å². The van der Waals surface area contributed by atoms with Gasteiger partial charge in [-0.25, -0.2) is 14.8 Å². The summed E-state index contributed by atoms with van der Waals surface area (Å²) >= 11 is 6.30. The van der Waals surface area contributed by atoms with Gasteiger partial charge in [0.05, 0.1) is 12.3 Å². The Kier molecular flexibility index (Phi) is 10.2. The molecule has 6 rings (SSSR count). The van der Waals surface area contributed by atoms with E-state index in [-0.39, 0.29) is 5.41 Å². The van der Waals surface area contributed by atoms with Crippen LogP contribution >= 0.6 is 11.6 Å². The van der Waals surface area contributed by atoms with Crippen LogP contribution in [-0.4, -0.2) is 60.7 Å². The van der Waals surface area contributed by atoms with Crippen molar-refractivity contribution >= 4 is 23.2 Å². The number of hydrogen-bond donors (Lipinski definition) is 1. The van der Waals surface area contributed by atoms with Gasteiger partial charge in [0, 0.05) is 36.3 Å². The number of rotatable bonds is 9. The Morgan fingerprint density at radius 1 is 0.911 bits per heavy atom. The Hall–Kier alpha value is -3.18. The number of ether oxygens (including phenoxy) is 1. The number of halogens is 1. The van der Waals surface area contributed by atoms with Gasteiger partial charge < -0.3 is 19.9 Å². The van der Waals surface area contributed by atoms with Gasteiger partial charge in [-0.15, -0.1) is 0 Å². The zero-order valence-corrected chi connectivity index (χ0v) is 27.6. The average Bonchev–Trinajstić information content (AvgIpc) is 3.08. The van der Waals surface area contributed by atoms with Crippen molar-refractivity contribution in [3.05, 3.63) is 88.0 Å². The summed E-state index contributed by atoms with van der Waals surface area (Å²) in [5.74, 6) is 4.21. The molecule has 0 atom stereocenters. The summed E-state index contributed by atoms with van der Waals surface area (Å²) in [5.41, 5.74) is 3.28. The van der Waals surface area contributed by atoms with Gasteiger partial charge in [0.1, 0.15) is 12.4 Å². The first kappa shape index (κ1) is 31.8. The first-order chi connectivity index (χ1) is 21.9. The number of benzene rings is 2. The van der Waals surface area contributed by atoms with Crippen LogP contribution in [0.2, 0.25) is 5.02 Å². The molecule has 1 aromatic heterocycles. The van der Waals surface area contributed by atoms with Crippen molar-refractivity contribution in [2.75, 3.05) is 50.7 Å². The van der Waals surface area contributed by atoms with Crippen molar-refractivity contribution in [2.24, 2.45) is 17.8 Å². The summed E-state index contributed by atoms with van der Waals surface area (Å²) in [5, 5.41) is 4.08. The molecule has 0 saturated carbocycles. The van der Waals surface area contributed by atoms with Crippen LogP contribution in [0.25, 0.3) is 4.85 Å². The highest BCUT2D eigenvalue weighted by Gasteiger charge is 2.31. The molecule has 8 heteroatoms. The van der Waals surface area contributed by atoms with E-state index in [1.54, 1.807) is 6.07 Å². The molecule has 4 heterocycles. The van der Waals surface area contributed by atoms with Gasteiger partial charge in [-0.2, -0.15) is 0 Å². The molecule has 0 amide bonds. The van der Waals surface area contributed by atoms with E-state index in [9.17, 15) is 0 Å². The topological polar surface area (TPSA) is 57.9 Å². The molecule has 3 fully saturated rings. The van der Waals surface area contributed by atoms with E-state index >= 15 is 0 Å². The van der Waals surface area contributed by atoms with Crippen LogP contribution in [0.3, 0.4) is 0 Å². The Morgan fingerprint density at radius 2 is 1.60 bits per heavy atom. The number of nitrogens with one attached hydrogen (secondary N) is 1. The Bertz CT molecular complexity index is 1450. The fraction of sp³-hybridized carbons (Fsp3) is 0.541. The smallest absolute Gasteiger partial charge is 0.225 e. The lowest BCUT2D eigenvalue weighted by atomic mass is 9.78. The van der Waals surface area contributed by atoms with Crippen LogP contribution in [0, 0.1) is 24.3 Å². The third-order valence-corrected chi connectivity index (χ3v) is 10.7. The third kappa shape index (κ3) is 7.98. The van der Waals surface area contributed by atoms with Crippen molar-refractivity contribution < 1.29 is 4.74 Å². The van der Waals surface area contributed by atoms with Crippen molar-refractivity contribution in [3.63, 3.8) is 0 Å². The summed E-state index contributed by atoms with van der Waals surface area (Å²) in [4.78, 5) is 18.2. The van der Waals surface area contributed by atoms with Gasteiger partial charge in [-0.1, -0.05) is 43.6 Å². The highest BCUT2D eigenvalue weighted by atomic mass is 35.5. The average molecular weight is 627 g/mol. The predicted octanol–water partition coefficient (Wildman–Crippen LogP) is 7.51. The Balaban J connectivity index is 0.975. The standard InChI is InChI=1S/C37H47ClN6O/c1-37(2,31-22-32(38)24-34(23-31)39-3)30-4-6-35(7-5-30)45-26-33-10-17-41-36(42-33)44-20-13-29(14-21-44)28-11-18-43(19-12-28)25-27-8-15-40-16-9-27/h4-7,10,17,22-24,27-29,40H,8-9,11-16,18-21,25-26H2,1-2H3. The molecule has 0 spiro atoms. The fourth-order valence-corrected chi connectivity index (χ4v) is 7.75. The minimum atomic E-state index is -0.304. The molecule has 1 N–H and O–H groups in total.